The molecule has 18 heavy (non-hydrogen) atoms. The predicted octanol–water partition coefficient (Wildman–Crippen LogP) is 0.909. The Morgan fingerprint density at radius 1 is 1.56 bits per heavy atom. The summed E-state index contributed by atoms with van der Waals surface area (Å²) in [6.07, 6.45) is 2.01. The van der Waals surface area contributed by atoms with Crippen molar-refractivity contribution in [2.24, 2.45) is 0 Å². The fourth-order valence-corrected chi connectivity index (χ4v) is 2.25. The maximum atomic E-state index is 11.6. The molecule has 2 N–H and O–H groups in total. The summed E-state index contributed by atoms with van der Waals surface area (Å²) in [5.74, 6) is 0.128. The Morgan fingerprint density at radius 2 is 2.22 bits per heavy atom. The molecular weight excluding hydrogens is 232 g/mol. The third-order valence-corrected chi connectivity index (χ3v) is 3.28. The molecule has 1 aliphatic heterocycles. The number of likely N-dealkylation sites (tertiary alicyclic amines) is 1. The molecule has 100 valence electrons. The molecule has 0 radical (unpaired) electrons. The number of piperidine rings is 1. The van der Waals surface area contributed by atoms with Crippen LogP contribution in [-0.4, -0.2) is 47.4 Å². The summed E-state index contributed by atoms with van der Waals surface area (Å²) in [6.45, 7) is 4.17. The average Bonchev–Trinajstić information content (AvgIpc) is 2.73. The second kappa shape index (κ2) is 5.39. The average molecular weight is 252 g/mol. The molecule has 0 aliphatic carbocycles. The van der Waals surface area contributed by atoms with Crippen molar-refractivity contribution in [3.63, 3.8) is 0 Å². The van der Waals surface area contributed by atoms with Crippen LogP contribution in [0.4, 0.5) is 5.82 Å². The zero-order valence-electron chi connectivity index (χ0n) is 10.9. The van der Waals surface area contributed by atoms with E-state index in [1.165, 1.54) is 0 Å². The number of anilines is 1. The molecule has 2 heterocycles. The molecule has 6 nitrogen and oxygen atoms in total. The number of hydrogen-bond acceptors (Lipinski definition) is 5. The van der Waals surface area contributed by atoms with Crippen molar-refractivity contribution in [3.8, 4) is 0 Å². The molecule has 1 aromatic rings. The van der Waals surface area contributed by atoms with E-state index < -0.39 is 5.97 Å². The topological polar surface area (TPSA) is 73.4 Å². The highest BCUT2D eigenvalue weighted by Crippen LogP contribution is 2.24. The second-order valence-electron chi connectivity index (χ2n) is 4.65. The number of carbonyl (C=O) groups is 1. The lowest BCUT2D eigenvalue weighted by atomic mass is 10.1. The number of nitrogens with zero attached hydrogens (tertiary/aromatic N) is 3. The molecule has 0 unspecified atom stereocenters. The summed E-state index contributed by atoms with van der Waals surface area (Å²) in [6, 6.07) is 1.88. The van der Waals surface area contributed by atoms with E-state index in [9.17, 15) is 4.79 Å². The van der Waals surface area contributed by atoms with Gasteiger partial charge in [0.05, 0.1) is 12.6 Å². The number of nitrogens with two attached hydrogens (primary N) is 1. The van der Waals surface area contributed by atoms with Crippen molar-refractivity contribution < 1.29 is 9.53 Å². The van der Waals surface area contributed by atoms with E-state index in [-0.39, 0.29) is 6.04 Å². The van der Waals surface area contributed by atoms with Crippen molar-refractivity contribution in [1.82, 2.24) is 14.7 Å². The standard InChI is InChI=1S/C12H20N4O2/c1-3-18-12(17)10-8-11(13)16(14-10)9-4-6-15(2)7-5-9/h8-9H,3-7,13H2,1-2H3. The molecule has 0 spiro atoms. The first-order valence-electron chi connectivity index (χ1n) is 6.32. The molecular formula is C12H20N4O2. The molecule has 0 saturated carbocycles. The third-order valence-electron chi connectivity index (χ3n) is 3.28. The molecule has 6 heteroatoms. The first kappa shape index (κ1) is 12.9. The van der Waals surface area contributed by atoms with E-state index >= 15 is 0 Å². The van der Waals surface area contributed by atoms with E-state index in [2.05, 4.69) is 17.0 Å². The zero-order chi connectivity index (χ0) is 13.1. The second-order valence-corrected chi connectivity index (χ2v) is 4.65. The van der Waals surface area contributed by atoms with Crippen molar-refractivity contribution >= 4 is 11.8 Å². The zero-order valence-corrected chi connectivity index (χ0v) is 10.9. The normalized spacial score (nSPS) is 17.9. The van der Waals surface area contributed by atoms with Crippen molar-refractivity contribution in [1.29, 1.82) is 0 Å². The molecule has 0 atom stereocenters. The first-order chi connectivity index (χ1) is 8.61. The van der Waals surface area contributed by atoms with Gasteiger partial charge in [-0.3, -0.25) is 0 Å². The molecule has 2 rings (SSSR count). The predicted molar refractivity (Wildman–Crippen MR) is 68.4 cm³/mol. The molecule has 0 aromatic carbocycles. The number of aromatic nitrogens is 2. The van der Waals surface area contributed by atoms with Crippen LogP contribution in [0.25, 0.3) is 0 Å². The molecule has 0 amide bonds. The number of esters is 1. The van der Waals surface area contributed by atoms with Gasteiger partial charge in [0.2, 0.25) is 0 Å². The van der Waals surface area contributed by atoms with Gasteiger partial charge in [-0.1, -0.05) is 0 Å². The van der Waals surface area contributed by atoms with Gasteiger partial charge in [0, 0.05) is 6.07 Å². The highest BCUT2D eigenvalue weighted by molar-refractivity contribution is 5.88. The Labute approximate surface area is 107 Å². The largest absolute Gasteiger partial charge is 0.461 e. The quantitative estimate of drug-likeness (QED) is 0.809. The minimum atomic E-state index is -0.407. The van der Waals surface area contributed by atoms with Gasteiger partial charge in [0.1, 0.15) is 5.82 Å². The SMILES string of the molecule is CCOC(=O)c1cc(N)n(C2CCN(C)CC2)n1. The van der Waals surface area contributed by atoms with Gasteiger partial charge in [0.15, 0.2) is 5.69 Å². The smallest absolute Gasteiger partial charge is 0.358 e. The maximum absolute atomic E-state index is 11.6. The number of hydrogen-bond donors (Lipinski definition) is 1. The summed E-state index contributed by atoms with van der Waals surface area (Å²) < 4.78 is 6.69. The maximum Gasteiger partial charge on any atom is 0.358 e. The van der Waals surface area contributed by atoms with Gasteiger partial charge in [-0.15, -0.1) is 0 Å². The highest BCUT2D eigenvalue weighted by Gasteiger charge is 2.22. The lowest BCUT2D eigenvalue weighted by Gasteiger charge is -2.29. The van der Waals surface area contributed by atoms with Gasteiger partial charge in [-0.2, -0.15) is 5.10 Å². The van der Waals surface area contributed by atoms with Gasteiger partial charge >= 0.3 is 5.97 Å². The van der Waals surface area contributed by atoms with Crippen LogP contribution in [0.1, 0.15) is 36.3 Å². The van der Waals surface area contributed by atoms with Crippen LogP contribution < -0.4 is 5.73 Å². The Kier molecular flexibility index (Phi) is 3.86. The van der Waals surface area contributed by atoms with Gasteiger partial charge in [-0.05, 0) is 39.9 Å². The van der Waals surface area contributed by atoms with E-state index in [4.69, 9.17) is 10.5 Å². The molecule has 0 bridgehead atoms. The first-order valence-corrected chi connectivity index (χ1v) is 6.32. The number of nitrogen functional groups attached to an aromatic ring is 1. The van der Waals surface area contributed by atoms with Crippen LogP contribution in [0.5, 0.6) is 0 Å². The van der Waals surface area contributed by atoms with E-state index in [1.807, 2.05) is 0 Å². The fourth-order valence-electron chi connectivity index (χ4n) is 2.25. The summed E-state index contributed by atoms with van der Waals surface area (Å²) >= 11 is 0. The van der Waals surface area contributed by atoms with Crippen molar-refractivity contribution in [3.05, 3.63) is 11.8 Å². The van der Waals surface area contributed by atoms with E-state index in [0.717, 1.165) is 25.9 Å². The Bertz CT molecular complexity index is 422. The number of rotatable bonds is 3. The monoisotopic (exact) mass is 252 g/mol. The third kappa shape index (κ3) is 2.64. The van der Waals surface area contributed by atoms with Crippen molar-refractivity contribution in [2.75, 3.05) is 32.5 Å². The van der Waals surface area contributed by atoms with Gasteiger partial charge in [-0.25, -0.2) is 9.48 Å². The van der Waals surface area contributed by atoms with E-state index in [1.54, 1.807) is 17.7 Å². The highest BCUT2D eigenvalue weighted by atomic mass is 16.5. The summed E-state index contributed by atoms with van der Waals surface area (Å²) in [5, 5.41) is 4.28. The van der Waals surface area contributed by atoms with Gasteiger partial charge < -0.3 is 15.4 Å². The summed E-state index contributed by atoms with van der Waals surface area (Å²) in [7, 11) is 2.10. The van der Waals surface area contributed by atoms with Crippen LogP contribution in [0.15, 0.2) is 6.07 Å². The Morgan fingerprint density at radius 3 is 2.83 bits per heavy atom. The van der Waals surface area contributed by atoms with Crippen molar-refractivity contribution in [2.45, 2.75) is 25.8 Å². The minimum absolute atomic E-state index is 0.282. The minimum Gasteiger partial charge on any atom is -0.461 e. The lowest BCUT2D eigenvalue weighted by molar-refractivity contribution is 0.0517. The summed E-state index contributed by atoms with van der Waals surface area (Å²) in [4.78, 5) is 13.9. The molecule has 1 fully saturated rings. The van der Waals surface area contributed by atoms with E-state index in [0.29, 0.717) is 18.1 Å². The fraction of sp³-hybridized carbons (Fsp3) is 0.667. The molecule has 1 aromatic heterocycles. The number of ether oxygens (including phenoxy) is 1. The Balaban J connectivity index is 2.11. The lowest BCUT2D eigenvalue weighted by Crippen LogP contribution is -2.32. The van der Waals surface area contributed by atoms with Crippen LogP contribution in [0.2, 0.25) is 0 Å². The Hall–Kier alpha value is -1.56. The van der Waals surface area contributed by atoms with Crippen LogP contribution in [0, 0.1) is 0 Å². The summed E-state index contributed by atoms with van der Waals surface area (Å²) in [5.41, 5.74) is 6.22. The van der Waals surface area contributed by atoms with Gasteiger partial charge in [0.25, 0.3) is 0 Å². The van der Waals surface area contributed by atoms with Crippen LogP contribution in [0.3, 0.4) is 0 Å². The number of carbonyl (C=O) groups excluding carboxylic acids is 1. The van der Waals surface area contributed by atoms with Crippen LogP contribution in [-0.2, 0) is 4.74 Å². The molecule has 1 aliphatic rings. The van der Waals surface area contributed by atoms with Crippen LogP contribution >= 0.6 is 0 Å². The molecule has 1 saturated heterocycles.